The Morgan fingerprint density at radius 1 is 0.842 bits per heavy atom. The SMILES string of the molecule is O=C(NC1CCCCC1)C(Cc1ccccc1)N(Cc1ccc(Cl)cc1Cl)C(=O)CCc1ccccc1Cl. The van der Waals surface area contributed by atoms with Gasteiger partial charge in [0.25, 0.3) is 0 Å². The molecule has 4 nitrogen and oxygen atoms in total. The fourth-order valence-corrected chi connectivity index (χ4v) is 5.72. The van der Waals surface area contributed by atoms with Crippen molar-refractivity contribution in [2.24, 2.45) is 0 Å². The fraction of sp³-hybridized carbons (Fsp3) is 0.355. The monoisotopic (exact) mass is 570 g/mol. The van der Waals surface area contributed by atoms with Gasteiger partial charge in [-0.3, -0.25) is 9.59 Å². The lowest BCUT2D eigenvalue weighted by molar-refractivity contribution is -0.141. The van der Waals surface area contributed by atoms with Gasteiger partial charge in [-0.15, -0.1) is 0 Å². The summed E-state index contributed by atoms with van der Waals surface area (Å²) in [5.74, 6) is -0.257. The van der Waals surface area contributed by atoms with E-state index in [1.165, 1.54) is 6.42 Å². The zero-order valence-electron chi connectivity index (χ0n) is 21.3. The first-order chi connectivity index (χ1) is 18.4. The molecule has 1 N–H and O–H groups in total. The molecule has 0 radical (unpaired) electrons. The third kappa shape index (κ3) is 7.99. The second kappa shape index (κ2) is 14.0. The molecule has 0 bridgehead atoms. The van der Waals surface area contributed by atoms with E-state index in [0.717, 1.165) is 42.4 Å². The summed E-state index contributed by atoms with van der Waals surface area (Å²) in [5, 5.41) is 4.87. The third-order valence-electron chi connectivity index (χ3n) is 7.14. The van der Waals surface area contributed by atoms with E-state index in [4.69, 9.17) is 34.8 Å². The lowest BCUT2D eigenvalue weighted by Crippen LogP contribution is -2.53. The van der Waals surface area contributed by atoms with Crippen molar-refractivity contribution in [2.45, 2.75) is 70.0 Å². The van der Waals surface area contributed by atoms with Crippen molar-refractivity contribution in [1.29, 1.82) is 0 Å². The smallest absolute Gasteiger partial charge is 0.243 e. The third-order valence-corrected chi connectivity index (χ3v) is 8.10. The van der Waals surface area contributed by atoms with Crippen LogP contribution in [0.3, 0.4) is 0 Å². The number of nitrogens with one attached hydrogen (secondary N) is 1. The van der Waals surface area contributed by atoms with Crippen molar-refractivity contribution in [3.63, 3.8) is 0 Å². The molecular formula is C31H33Cl3N2O2. The van der Waals surface area contributed by atoms with E-state index in [1.807, 2.05) is 60.7 Å². The van der Waals surface area contributed by atoms with Crippen LogP contribution in [0, 0.1) is 0 Å². The van der Waals surface area contributed by atoms with Crippen LogP contribution in [0.4, 0.5) is 0 Å². The summed E-state index contributed by atoms with van der Waals surface area (Å²) in [4.78, 5) is 29.4. The largest absolute Gasteiger partial charge is 0.352 e. The van der Waals surface area contributed by atoms with Crippen molar-refractivity contribution < 1.29 is 9.59 Å². The lowest BCUT2D eigenvalue weighted by atomic mass is 9.94. The van der Waals surface area contributed by atoms with E-state index in [2.05, 4.69) is 5.32 Å². The second-order valence-corrected chi connectivity index (χ2v) is 11.1. The number of benzene rings is 3. The second-order valence-electron chi connectivity index (χ2n) is 9.90. The zero-order valence-corrected chi connectivity index (χ0v) is 23.6. The predicted octanol–water partition coefficient (Wildman–Crippen LogP) is 7.67. The topological polar surface area (TPSA) is 49.4 Å². The highest BCUT2D eigenvalue weighted by Gasteiger charge is 2.32. The first-order valence-electron chi connectivity index (χ1n) is 13.2. The van der Waals surface area contributed by atoms with Crippen LogP contribution in [0.25, 0.3) is 0 Å². The van der Waals surface area contributed by atoms with Crippen LogP contribution in [0.5, 0.6) is 0 Å². The van der Waals surface area contributed by atoms with Gasteiger partial charge in [0.1, 0.15) is 6.04 Å². The maximum absolute atomic E-state index is 13.9. The van der Waals surface area contributed by atoms with Crippen LogP contribution in [-0.4, -0.2) is 28.8 Å². The number of hydrogen-bond acceptors (Lipinski definition) is 2. The van der Waals surface area contributed by atoms with Crippen LogP contribution in [0.2, 0.25) is 15.1 Å². The van der Waals surface area contributed by atoms with Gasteiger partial charge < -0.3 is 10.2 Å². The lowest BCUT2D eigenvalue weighted by Gasteiger charge is -2.34. The fourth-order valence-electron chi connectivity index (χ4n) is 5.02. The standard InChI is InChI=1S/C31H33Cl3N2O2/c32-25-17-15-24(28(34)20-25)21-36(30(37)18-16-23-11-7-8-14-27(23)33)29(19-22-9-3-1-4-10-22)31(38)35-26-12-5-2-6-13-26/h1,3-4,7-11,14-15,17,20,26,29H,2,5-6,12-13,16,18-19,21H2,(H,35,38). The molecule has 4 rings (SSSR count). The highest BCUT2D eigenvalue weighted by Crippen LogP contribution is 2.26. The normalized spacial score (nSPS) is 14.6. The first-order valence-corrected chi connectivity index (χ1v) is 14.3. The molecule has 1 unspecified atom stereocenters. The molecule has 0 aromatic heterocycles. The van der Waals surface area contributed by atoms with Crippen LogP contribution in [0.15, 0.2) is 72.8 Å². The summed E-state index contributed by atoms with van der Waals surface area (Å²) in [5.41, 5.74) is 2.63. The van der Waals surface area contributed by atoms with E-state index in [-0.39, 0.29) is 30.8 Å². The van der Waals surface area contributed by atoms with Gasteiger partial charge in [-0.1, -0.05) is 109 Å². The van der Waals surface area contributed by atoms with Crippen molar-refractivity contribution in [1.82, 2.24) is 10.2 Å². The Morgan fingerprint density at radius 3 is 2.26 bits per heavy atom. The number of rotatable bonds is 10. The number of amides is 2. The molecule has 3 aromatic carbocycles. The van der Waals surface area contributed by atoms with Crippen LogP contribution < -0.4 is 5.32 Å². The summed E-state index contributed by atoms with van der Waals surface area (Å²) in [7, 11) is 0. The van der Waals surface area contributed by atoms with Gasteiger partial charge >= 0.3 is 0 Å². The van der Waals surface area contributed by atoms with Gasteiger partial charge in [0, 0.05) is 40.5 Å². The maximum atomic E-state index is 13.9. The molecule has 1 atom stereocenters. The number of aryl methyl sites for hydroxylation is 1. The molecule has 0 aliphatic heterocycles. The van der Waals surface area contributed by atoms with Gasteiger partial charge in [-0.05, 0) is 54.2 Å². The molecule has 1 aliphatic carbocycles. The van der Waals surface area contributed by atoms with Crippen molar-refractivity contribution >= 4 is 46.6 Å². The Balaban J connectivity index is 1.64. The highest BCUT2D eigenvalue weighted by atomic mass is 35.5. The van der Waals surface area contributed by atoms with E-state index in [1.54, 1.807) is 17.0 Å². The molecule has 1 fully saturated rings. The number of halogens is 3. The zero-order chi connectivity index (χ0) is 26.9. The van der Waals surface area contributed by atoms with Crippen molar-refractivity contribution in [2.75, 3.05) is 0 Å². The Hall–Kier alpha value is -2.53. The molecular weight excluding hydrogens is 539 g/mol. The summed E-state index contributed by atoms with van der Waals surface area (Å²) in [6, 6.07) is 22.0. The summed E-state index contributed by atoms with van der Waals surface area (Å²) in [6.45, 7) is 0.201. The van der Waals surface area contributed by atoms with Crippen molar-refractivity contribution in [3.05, 3.63) is 105 Å². The Kier molecular flexibility index (Phi) is 10.5. The minimum absolute atomic E-state index is 0.128. The number of carbonyl (C=O) groups excluding carboxylic acids is 2. The molecule has 0 spiro atoms. The number of carbonyl (C=O) groups is 2. The molecule has 200 valence electrons. The molecule has 7 heteroatoms. The van der Waals surface area contributed by atoms with E-state index in [0.29, 0.717) is 27.9 Å². The first kappa shape index (κ1) is 28.5. The molecule has 1 aliphatic rings. The summed E-state index contributed by atoms with van der Waals surface area (Å²) >= 11 is 19.0. The molecule has 0 saturated heterocycles. The Labute approximate surface area is 240 Å². The van der Waals surface area contributed by atoms with Gasteiger partial charge in [-0.2, -0.15) is 0 Å². The number of hydrogen-bond donors (Lipinski definition) is 1. The van der Waals surface area contributed by atoms with Gasteiger partial charge in [-0.25, -0.2) is 0 Å². The molecule has 0 heterocycles. The molecule has 3 aromatic rings. The Morgan fingerprint density at radius 2 is 1.55 bits per heavy atom. The van der Waals surface area contributed by atoms with E-state index in [9.17, 15) is 9.59 Å². The maximum Gasteiger partial charge on any atom is 0.243 e. The average Bonchev–Trinajstić information content (AvgIpc) is 2.92. The van der Waals surface area contributed by atoms with E-state index >= 15 is 0 Å². The quantitative estimate of drug-likeness (QED) is 0.271. The minimum Gasteiger partial charge on any atom is -0.352 e. The highest BCUT2D eigenvalue weighted by molar-refractivity contribution is 6.35. The Bertz CT molecular complexity index is 1230. The van der Waals surface area contributed by atoms with Gasteiger partial charge in [0.2, 0.25) is 11.8 Å². The van der Waals surface area contributed by atoms with E-state index < -0.39 is 6.04 Å². The summed E-state index contributed by atoms with van der Waals surface area (Å²) in [6.07, 6.45) is 6.44. The number of nitrogens with zero attached hydrogens (tertiary/aromatic N) is 1. The van der Waals surface area contributed by atoms with Crippen molar-refractivity contribution in [3.8, 4) is 0 Å². The summed E-state index contributed by atoms with van der Waals surface area (Å²) < 4.78 is 0. The van der Waals surface area contributed by atoms with Crippen LogP contribution in [0.1, 0.15) is 55.2 Å². The molecule has 1 saturated carbocycles. The van der Waals surface area contributed by atoms with Gasteiger partial charge in [0.15, 0.2) is 0 Å². The van der Waals surface area contributed by atoms with Crippen LogP contribution >= 0.6 is 34.8 Å². The van der Waals surface area contributed by atoms with Crippen LogP contribution in [-0.2, 0) is 29.0 Å². The molecule has 38 heavy (non-hydrogen) atoms. The van der Waals surface area contributed by atoms with Gasteiger partial charge in [0.05, 0.1) is 0 Å². The minimum atomic E-state index is -0.690. The predicted molar refractivity (Wildman–Crippen MR) is 156 cm³/mol. The molecule has 2 amide bonds. The average molecular weight is 572 g/mol.